The van der Waals surface area contributed by atoms with Gasteiger partial charge in [-0.05, 0) is 44.8 Å². The minimum Gasteiger partial charge on any atom is -0.444 e. The van der Waals surface area contributed by atoms with Gasteiger partial charge in [0.05, 0.1) is 12.0 Å². The molecule has 4 heteroatoms. The van der Waals surface area contributed by atoms with Gasteiger partial charge in [0.1, 0.15) is 5.60 Å². The van der Waals surface area contributed by atoms with E-state index >= 15 is 0 Å². The molecule has 1 atom stereocenters. The standard InChI is InChI=1S/C17H22N2O2/c1-17(2,3)21-16(20)19-10-8-15(9-11-19)14-6-4-13(12-18)5-7-14/h4,6-8,13H,5,9-11H2,1-3H3. The van der Waals surface area contributed by atoms with Crippen molar-refractivity contribution in [3.8, 4) is 6.07 Å². The van der Waals surface area contributed by atoms with Crippen LogP contribution in [0.5, 0.6) is 0 Å². The zero-order valence-corrected chi connectivity index (χ0v) is 12.9. The lowest BCUT2D eigenvalue weighted by Gasteiger charge is -2.30. The van der Waals surface area contributed by atoms with Gasteiger partial charge < -0.3 is 9.64 Å². The minimum absolute atomic E-state index is 0.00352. The molecule has 1 amide bonds. The van der Waals surface area contributed by atoms with Crippen LogP contribution in [0.2, 0.25) is 0 Å². The zero-order chi connectivity index (χ0) is 15.5. The summed E-state index contributed by atoms with van der Waals surface area (Å²) >= 11 is 0. The first-order valence-corrected chi connectivity index (χ1v) is 7.34. The highest BCUT2D eigenvalue weighted by molar-refractivity contribution is 5.69. The zero-order valence-electron chi connectivity index (χ0n) is 12.9. The maximum absolute atomic E-state index is 12.0. The van der Waals surface area contributed by atoms with E-state index in [1.54, 1.807) is 4.90 Å². The van der Waals surface area contributed by atoms with E-state index < -0.39 is 5.60 Å². The van der Waals surface area contributed by atoms with Crippen LogP contribution in [0.1, 0.15) is 33.6 Å². The van der Waals surface area contributed by atoms with E-state index in [2.05, 4.69) is 18.2 Å². The fraction of sp³-hybridized carbons (Fsp3) is 0.529. The summed E-state index contributed by atoms with van der Waals surface area (Å²) in [5.74, 6) is -0.00352. The highest BCUT2D eigenvalue weighted by Crippen LogP contribution is 2.26. The lowest BCUT2D eigenvalue weighted by atomic mass is 9.91. The number of ether oxygens (including phenoxy) is 1. The van der Waals surface area contributed by atoms with Gasteiger partial charge in [0.25, 0.3) is 0 Å². The number of nitrogens with zero attached hydrogens (tertiary/aromatic N) is 2. The second-order valence-electron chi connectivity index (χ2n) is 6.40. The van der Waals surface area contributed by atoms with Crippen LogP contribution >= 0.6 is 0 Å². The van der Waals surface area contributed by atoms with E-state index in [1.165, 1.54) is 11.1 Å². The first kappa shape index (κ1) is 15.4. The third kappa shape index (κ3) is 4.22. The molecule has 1 aliphatic carbocycles. The van der Waals surface area contributed by atoms with Crippen LogP contribution in [0.3, 0.4) is 0 Å². The Kier molecular flexibility index (Phi) is 4.52. The second-order valence-corrected chi connectivity index (χ2v) is 6.40. The number of allylic oxidation sites excluding steroid dienone is 4. The number of carbonyl (C=O) groups excluding carboxylic acids is 1. The summed E-state index contributed by atoms with van der Waals surface area (Å²) in [5.41, 5.74) is 1.98. The fourth-order valence-electron chi connectivity index (χ4n) is 2.38. The van der Waals surface area contributed by atoms with Crippen molar-refractivity contribution in [3.63, 3.8) is 0 Å². The predicted octanol–water partition coefficient (Wildman–Crippen LogP) is 3.58. The maximum Gasteiger partial charge on any atom is 0.410 e. The van der Waals surface area contributed by atoms with Crippen molar-refractivity contribution in [2.45, 2.75) is 39.2 Å². The van der Waals surface area contributed by atoms with Gasteiger partial charge in [0, 0.05) is 13.1 Å². The lowest BCUT2D eigenvalue weighted by molar-refractivity contribution is 0.0266. The van der Waals surface area contributed by atoms with Gasteiger partial charge in [0.2, 0.25) is 0 Å². The van der Waals surface area contributed by atoms with Gasteiger partial charge in [-0.2, -0.15) is 5.26 Å². The SMILES string of the molecule is CC(C)(C)OC(=O)N1CC=C(C2=CCC(C#N)C=C2)CC1. The molecular weight excluding hydrogens is 264 g/mol. The summed E-state index contributed by atoms with van der Waals surface area (Å²) in [4.78, 5) is 13.7. The first-order valence-electron chi connectivity index (χ1n) is 7.34. The molecule has 112 valence electrons. The molecular formula is C17H22N2O2. The van der Waals surface area contributed by atoms with Gasteiger partial charge in [-0.3, -0.25) is 0 Å². The molecule has 0 saturated carbocycles. The van der Waals surface area contributed by atoms with Crippen molar-refractivity contribution in [3.05, 3.63) is 35.5 Å². The van der Waals surface area contributed by atoms with E-state index in [4.69, 9.17) is 10.00 Å². The fourth-order valence-corrected chi connectivity index (χ4v) is 2.38. The van der Waals surface area contributed by atoms with E-state index in [9.17, 15) is 4.79 Å². The van der Waals surface area contributed by atoms with Crippen LogP contribution in [0.4, 0.5) is 4.79 Å². The number of carbonyl (C=O) groups is 1. The maximum atomic E-state index is 12.0. The Hall–Kier alpha value is -2.02. The van der Waals surface area contributed by atoms with Crippen molar-refractivity contribution in [2.24, 2.45) is 5.92 Å². The van der Waals surface area contributed by atoms with Crippen LogP contribution < -0.4 is 0 Å². The minimum atomic E-state index is -0.456. The monoisotopic (exact) mass is 286 g/mol. The molecule has 0 fully saturated rings. The van der Waals surface area contributed by atoms with Crippen LogP contribution in [0, 0.1) is 17.2 Å². The molecule has 2 rings (SSSR count). The highest BCUT2D eigenvalue weighted by atomic mass is 16.6. The molecule has 0 aromatic rings. The number of nitriles is 1. The first-order chi connectivity index (χ1) is 9.89. The van der Waals surface area contributed by atoms with Gasteiger partial charge >= 0.3 is 6.09 Å². The van der Waals surface area contributed by atoms with Crippen LogP contribution in [0.25, 0.3) is 0 Å². The Morgan fingerprint density at radius 1 is 1.43 bits per heavy atom. The third-order valence-corrected chi connectivity index (χ3v) is 3.50. The largest absolute Gasteiger partial charge is 0.444 e. The number of hydrogen-bond donors (Lipinski definition) is 0. The average Bonchev–Trinajstić information content (AvgIpc) is 2.46. The Balaban J connectivity index is 1.94. The lowest BCUT2D eigenvalue weighted by Crippen LogP contribution is -2.39. The van der Waals surface area contributed by atoms with Gasteiger partial charge in [-0.15, -0.1) is 0 Å². The Morgan fingerprint density at radius 3 is 2.67 bits per heavy atom. The summed E-state index contributed by atoms with van der Waals surface area (Å²) in [6, 6.07) is 2.25. The van der Waals surface area contributed by atoms with Crippen molar-refractivity contribution < 1.29 is 9.53 Å². The van der Waals surface area contributed by atoms with Crippen molar-refractivity contribution >= 4 is 6.09 Å². The van der Waals surface area contributed by atoms with Crippen LogP contribution in [0.15, 0.2) is 35.5 Å². The summed E-state index contributed by atoms with van der Waals surface area (Å²) in [6.07, 6.45) is 9.51. The van der Waals surface area contributed by atoms with Crippen LogP contribution in [-0.2, 0) is 4.74 Å². The molecule has 0 aromatic heterocycles. The number of rotatable bonds is 1. The van der Waals surface area contributed by atoms with Gasteiger partial charge in [0.15, 0.2) is 0 Å². The molecule has 1 aliphatic heterocycles. The smallest absolute Gasteiger partial charge is 0.410 e. The van der Waals surface area contributed by atoms with E-state index in [1.807, 2.05) is 32.9 Å². The molecule has 0 saturated heterocycles. The van der Waals surface area contributed by atoms with Gasteiger partial charge in [-0.25, -0.2) is 4.79 Å². The number of amides is 1. The average molecular weight is 286 g/mol. The molecule has 1 heterocycles. The summed E-state index contributed by atoms with van der Waals surface area (Å²) in [7, 11) is 0. The summed E-state index contributed by atoms with van der Waals surface area (Å²) in [5, 5.41) is 8.87. The molecule has 2 aliphatic rings. The summed E-state index contributed by atoms with van der Waals surface area (Å²) < 4.78 is 5.38. The number of hydrogen-bond acceptors (Lipinski definition) is 3. The molecule has 0 aromatic carbocycles. The predicted molar refractivity (Wildman–Crippen MR) is 81.5 cm³/mol. The van der Waals surface area contributed by atoms with Crippen molar-refractivity contribution in [2.75, 3.05) is 13.1 Å². The highest BCUT2D eigenvalue weighted by Gasteiger charge is 2.24. The van der Waals surface area contributed by atoms with E-state index in [0.29, 0.717) is 13.1 Å². The third-order valence-electron chi connectivity index (χ3n) is 3.50. The van der Waals surface area contributed by atoms with Crippen molar-refractivity contribution in [1.29, 1.82) is 5.26 Å². The molecule has 4 nitrogen and oxygen atoms in total. The second kappa shape index (κ2) is 6.17. The molecule has 1 unspecified atom stereocenters. The molecule has 0 bridgehead atoms. The molecule has 0 N–H and O–H groups in total. The summed E-state index contributed by atoms with van der Waals surface area (Å²) in [6.45, 7) is 6.88. The van der Waals surface area contributed by atoms with E-state index in [-0.39, 0.29) is 12.0 Å². The molecule has 21 heavy (non-hydrogen) atoms. The quantitative estimate of drug-likeness (QED) is 0.740. The normalized spacial score (nSPS) is 22.2. The van der Waals surface area contributed by atoms with E-state index in [0.717, 1.165) is 12.8 Å². The molecule has 0 radical (unpaired) electrons. The Bertz CT molecular complexity index is 544. The Labute approximate surface area is 126 Å². The van der Waals surface area contributed by atoms with Crippen molar-refractivity contribution in [1.82, 2.24) is 4.90 Å². The topological polar surface area (TPSA) is 53.3 Å². The molecule has 0 spiro atoms. The van der Waals surface area contributed by atoms with Crippen LogP contribution in [-0.4, -0.2) is 29.7 Å². The van der Waals surface area contributed by atoms with Gasteiger partial charge in [-0.1, -0.05) is 24.3 Å². The Morgan fingerprint density at radius 2 is 2.19 bits per heavy atom.